The number of benzene rings is 2. The molecule has 2 heterocycles. The number of nitrogens with one attached hydrogen (secondary N) is 1. The van der Waals surface area contributed by atoms with Crippen LogP contribution in [-0.2, 0) is 4.79 Å². The van der Waals surface area contributed by atoms with E-state index in [2.05, 4.69) is 10.3 Å². The van der Waals surface area contributed by atoms with Crippen LogP contribution in [0, 0.1) is 0 Å². The summed E-state index contributed by atoms with van der Waals surface area (Å²) in [6.45, 7) is 4.12. The van der Waals surface area contributed by atoms with Crippen molar-refractivity contribution in [2.75, 3.05) is 27.2 Å². The summed E-state index contributed by atoms with van der Waals surface area (Å²) in [5.74, 6) is 0.808. The number of amides is 3. The van der Waals surface area contributed by atoms with Crippen LogP contribution in [0.2, 0.25) is 0 Å². The van der Waals surface area contributed by atoms with Crippen molar-refractivity contribution in [1.29, 1.82) is 0 Å². The van der Waals surface area contributed by atoms with Crippen LogP contribution >= 0.6 is 0 Å². The normalized spacial score (nSPS) is 21.8. The molecule has 9 nitrogen and oxygen atoms in total. The maximum atomic E-state index is 12.9. The topological polar surface area (TPSA) is 97.7 Å². The second kappa shape index (κ2) is 8.66. The van der Waals surface area contributed by atoms with Crippen LogP contribution in [0.5, 0.6) is 5.75 Å². The van der Waals surface area contributed by atoms with E-state index in [0.29, 0.717) is 11.7 Å². The maximum absolute atomic E-state index is 12.9. The first-order chi connectivity index (χ1) is 15.3. The summed E-state index contributed by atoms with van der Waals surface area (Å²) < 4.78 is 5.83. The van der Waals surface area contributed by atoms with Crippen LogP contribution in [0.3, 0.4) is 0 Å². The van der Waals surface area contributed by atoms with Gasteiger partial charge in [-0.05, 0) is 36.8 Å². The zero-order chi connectivity index (χ0) is 23.0. The van der Waals surface area contributed by atoms with Crippen molar-refractivity contribution in [3.05, 3.63) is 42.5 Å². The number of rotatable bonds is 6. The van der Waals surface area contributed by atoms with E-state index in [4.69, 9.17) is 4.74 Å². The average Bonchev–Trinajstić information content (AvgIpc) is 3.11. The summed E-state index contributed by atoms with van der Waals surface area (Å²) in [6, 6.07) is 12.7. The molecule has 2 aromatic carbocycles. The molecule has 0 spiro atoms. The van der Waals surface area contributed by atoms with Crippen molar-refractivity contribution < 1.29 is 19.4 Å². The fourth-order valence-corrected chi connectivity index (χ4v) is 4.07. The van der Waals surface area contributed by atoms with Gasteiger partial charge < -0.3 is 25.0 Å². The van der Waals surface area contributed by atoms with E-state index in [-0.39, 0.29) is 25.1 Å². The van der Waals surface area contributed by atoms with Gasteiger partial charge in [0.15, 0.2) is 18.2 Å². The molecule has 1 fully saturated rings. The van der Waals surface area contributed by atoms with Crippen molar-refractivity contribution in [1.82, 2.24) is 20.0 Å². The summed E-state index contributed by atoms with van der Waals surface area (Å²) in [6.07, 6.45) is -1.51. The molecule has 1 saturated heterocycles. The average molecular weight is 440 g/mol. The number of likely N-dealkylation sites (N-methyl/N-ethyl adjacent to an activating group) is 2. The number of β-amino-alcohol motifs (C(OH)–C–C–N with tert-alkyl or cyclic N) is 1. The number of ether oxygens (including phenoxy) is 1. The third-order valence-corrected chi connectivity index (χ3v) is 5.70. The zero-order valence-electron chi connectivity index (χ0n) is 18.7. The van der Waals surface area contributed by atoms with Crippen molar-refractivity contribution in [3.63, 3.8) is 0 Å². The first kappa shape index (κ1) is 21.9. The Morgan fingerprint density at radius 3 is 2.56 bits per heavy atom. The molecule has 3 amide bonds. The molecule has 2 aliphatic rings. The van der Waals surface area contributed by atoms with Crippen molar-refractivity contribution >= 4 is 28.7 Å². The summed E-state index contributed by atoms with van der Waals surface area (Å²) in [7, 11) is 3.09. The Bertz CT molecular complexity index is 1060. The number of carbonyl (C=O) groups excluding carboxylic acids is 2. The van der Waals surface area contributed by atoms with Crippen LogP contribution in [0.25, 0.3) is 10.8 Å². The lowest BCUT2D eigenvalue weighted by atomic mass is 10.1. The standard InChI is InChI=1S/C23H29N5O4/c1-14(2)24-22-25-20-19(21(30)27(4)23(31)26(20)3)28(22)12-17(29)13-32-18-10-9-15-7-5-6-8-16(15)11-18/h5-11,14,17,19-20,29H,12-13H2,1-4H3,(H,24,25). The summed E-state index contributed by atoms with van der Waals surface area (Å²) in [5.41, 5.74) is 0. The molecule has 3 atom stereocenters. The number of urea groups is 1. The van der Waals surface area contributed by atoms with Crippen LogP contribution in [-0.4, -0.2) is 89.3 Å². The number of guanidine groups is 1. The molecule has 9 heteroatoms. The Hall–Kier alpha value is -3.33. The molecular formula is C23H29N5O4. The minimum Gasteiger partial charge on any atom is -0.491 e. The Labute approximate surface area is 187 Å². The van der Waals surface area contributed by atoms with Gasteiger partial charge >= 0.3 is 6.03 Å². The highest BCUT2D eigenvalue weighted by Crippen LogP contribution is 2.27. The van der Waals surface area contributed by atoms with E-state index in [1.54, 1.807) is 11.9 Å². The predicted octanol–water partition coefficient (Wildman–Crippen LogP) is 1.47. The molecular weight excluding hydrogens is 410 g/mol. The van der Waals surface area contributed by atoms with E-state index < -0.39 is 24.3 Å². The SMILES string of the molecule is CC(C)NC1=NC2C(C(=O)N(C)C(=O)N2C)N1CC(O)COc1ccc2ccccc2c1. The Balaban J connectivity index is 1.48. The van der Waals surface area contributed by atoms with Gasteiger partial charge in [-0.3, -0.25) is 9.69 Å². The van der Waals surface area contributed by atoms with Crippen molar-refractivity contribution in [2.24, 2.45) is 4.99 Å². The van der Waals surface area contributed by atoms with Gasteiger partial charge in [0.1, 0.15) is 18.5 Å². The number of aliphatic hydroxyl groups excluding tert-OH is 1. The van der Waals surface area contributed by atoms with E-state index in [9.17, 15) is 14.7 Å². The smallest absolute Gasteiger partial charge is 0.328 e. The summed E-state index contributed by atoms with van der Waals surface area (Å²) >= 11 is 0. The van der Waals surface area contributed by atoms with Crippen molar-refractivity contribution in [3.8, 4) is 5.75 Å². The van der Waals surface area contributed by atoms with Crippen LogP contribution in [0.4, 0.5) is 4.79 Å². The maximum Gasteiger partial charge on any atom is 0.328 e. The third-order valence-electron chi connectivity index (χ3n) is 5.70. The van der Waals surface area contributed by atoms with E-state index in [1.165, 1.54) is 11.9 Å². The predicted molar refractivity (Wildman–Crippen MR) is 121 cm³/mol. The number of carbonyl (C=O) groups is 2. The first-order valence-electron chi connectivity index (χ1n) is 10.7. The molecule has 0 saturated carbocycles. The molecule has 0 aliphatic carbocycles. The lowest BCUT2D eigenvalue weighted by Crippen LogP contribution is -2.65. The number of nitrogens with zero attached hydrogens (tertiary/aromatic N) is 4. The second-order valence-corrected chi connectivity index (χ2v) is 8.53. The van der Waals surface area contributed by atoms with Gasteiger partial charge in [-0.25, -0.2) is 9.79 Å². The molecule has 2 aliphatic heterocycles. The lowest BCUT2D eigenvalue weighted by Gasteiger charge is -2.40. The van der Waals surface area contributed by atoms with Gasteiger partial charge in [0.25, 0.3) is 5.91 Å². The van der Waals surface area contributed by atoms with Crippen molar-refractivity contribution in [2.45, 2.75) is 38.2 Å². The fraction of sp³-hybridized carbons (Fsp3) is 0.435. The van der Waals surface area contributed by atoms with Gasteiger partial charge in [0.2, 0.25) is 0 Å². The zero-order valence-corrected chi connectivity index (χ0v) is 18.7. The minimum atomic E-state index is -0.875. The highest BCUT2D eigenvalue weighted by molar-refractivity contribution is 6.03. The lowest BCUT2D eigenvalue weighted by molar-refractivity contribution is -0.136. The Morgan fingerprint density at radius 1 is 1.12 bits per heavy atom. The number of aliphatic hydroxyl groups is 1. The molecule has 0 radical (unpaired) electrons. The van der Waals surface area contributed by atoms with Gasteiger partial charge in [-0.15, -0.1) is 0 Å². The molecule has 32 heavy (non-hydrogen) atoms. The number of imide groups is 1. The second-order valence-electron chi connectivity index (χ2n) is 8.53. The van der Waals surface area contributed by atoms with Crippen LogP contribution in [0.15, 0.2) is 47.5 Å². The summed E-state index contributed by atoms with van der Waals surface area (Å²) in [4.78, 5) is 34.1. The van der Waals surface area contributed by atoms with Gasteiger partial charge in [-0.2, -0.15) is 0 Å². The summed E-state index contributed by atoms with van der Waals surface area (Å²) in [5, 5.41) is 16.1. The van der Waals surface area contributed by atoms with Crippen LogP contribution < -0.4 is 10.1 Å². The van der Waals surface area contributed by atoms with Gasteiger partial charge in [0, 0.05) is 20.1 Å². The van der Waals surface area contributed by atoms with Crippen LogP contribution in [0.1, 0.15) is 13.8 Å². The third kappa shape index (κ3) is 4.08. The quantitative estimate of drug-likeness (QED) is 0.708. The molecule has 2 aromatic rings. The van der Waals surface area contributed by atoms with Gasteiger partial charge in [0.05, 0.1) is 6.54 Å². The highest BCUT2D eigenvalue weighted by Gasteiger charge is 2.51. The number of hydrogen-bond acceptors (Lipinski definition) is 7. The Morgan fingerprint density at radius 2 is 1.84 bits per heavy atom. The molecule has 3 unspecified atom stereocenters. The first-order valence-corrected chi connectivity index (χ1v) is 10.7. The number of fused-ring (bicyclic) bond motifs is 2. The monoisotopic (exact) mass is 439 g/mol. The largest absolute Gasteiger partial charge is 0.491 e. The van der Waals surface area contributed by atoms with E-state index >= 15 is 0 Å². The molecule has 170 valence electrons. The number of hydrogen-bond donors (Lipinski definition) is 2. The van der Waals surface area contributed by atoms with E-state index in [0.717, 1.165) is 15.7 Å². The Kier molecular flexibility index (Phi) is 5.92. The van der Waals surface area contributed by atoms with Gasteiger partial charge in [-0.1, -0.05) is 30.3 Å². The molecule has 2 N–H and O–H groups in total. The molecule has 0 bridgehead atoms. The molecule has 4 rings (SSSR count). The van der Waals surface area contributed by atoms with E-state index in [1.807, 2.05) is 56.3 Å². The minimum absolute atomic E-state index is 0.0555. The fourth-order valence-electron chi connectivity index (χ4n) is 4.07. The molecule has 0 aromatic heterocycles. The number of aliphatic imine (C=N–C) groups is 1. The highest BCUT2D eigenvalue weighted by atomic mass is 16.5.